The molecule has 3 unspecified atom stereocenters. The quantitative estimate of drug-likeness (QED) is 0.0760. The molecule has 1 heterocycles. The van der Waals surface area contributed by atoms with Crippen molar-refractivity contribution < 1.29 is 43.0 Å². The average molecular weight is 729 g/mol. The number of unbranched alkanes of at least 4 members (excludes halogenated alkanes) is 1. The fourth-order valence-electron chi connectivity index (χ4n) is 6.25. The molecule has 0 bridgehead atoms. The van der Waals surface area contributed by atoms with Gasteiger partial charge in [-0.3, -0.25) is 33.6 Å². The van der Waals surface area contributed by atoms with Crippen LogP contribution in [-0.2, 0) is 49.6 Å². The van der Waals surface area contributed by atoms with Gasteiger partial charge in [0.2, 0.25) is 23.5 Å². The number of hydrogen-bond acceptors (Lipinski definition) is 10. The van der Waals surface area contributed by atoms with Crippen LogP contribution in [0, 0.1) is 23.7 Å². The number of ketones is 3. The maximum Gasteiger partial charge on any atom is 0.306 e. The Bertz CT molecular complexity index is 1350. The average Bonchev–Trinajstić information content (AvgIpc) is 3.54. The predicted octanol–water partition coefficient (Wildman–Crippen LogP) is 3.43. The molecule has 0 saturated carbocycles. The smallest absolute Gasteiger partial charge is 0.306 e. The molecule has 3 amide bonds. The minimum Gasteiger partial charge on any atom is -0.465 e. The summed E-state index contributed by atoms with van der Waals surface area (Å²) in [5.41, 5.74) is 11.8. The number of esters is 1. The van der Waals surface area contributed by atoms with Gasteiger partial charge in [-0.25, -0.2) is 0 Å². The summed E-state index contributed by atoms with van der Waals surface area (Å²) < 4.78 is 11.5. The van der Waals surface area contributed by atoms with Gasteiger partial charge in [-0.05, 0) is 49.6 Å². The SMILES string of the molecule is CCCC(CC(=O)[C@@H]1C[C@@H](OCc2ccccc2)CN1C(=O)C(CC(=O)OCC(C)C)C(C)C)C(=O)C(=O)CCC(=O)NC(CCCCN)C(N)=O. The van der Waals surface area contributed by atoms with E-state index in [2.05, 4.69) is 5.32 Å². The van der Waals surface area contributed by atoms with Crippen molar-refractivity contribution >= 4 is 41.0 Å². The summed E-state index contributed by atoms with van der Waals surface area (Å²) in [6, 6.07) is 7.68. The van der Waals surface area contributed by atoms with Crippen molar-refractivity contribution in [2.24, 2.45) is 35.1 Å². The number of nitrogens with zero attached hydrogens (tertiary/aromatic N) is 1. The highest BCUT2D eigenvalue weighted by molar-refractivity contribution is 6.38. The molecule has 52 heavy (non-hydrogen) atoms. The van der Waals surface area contributed by atoms with Gasteiger partial charge in [-0.2, -0.15) is 0 Å². The molecule has 1 aromatic carbocycles. The number of hydrogen-bond donors (Lipinski definition) is 3. The molecule has 0 spiro atoms. The first-order chi connectivity index (χ1) is 24.7. The molecule has 0 radical (unpaired) electrons. The number of benzene rings is 1. The van der Waals surface area contributed by atoms with Crippen LogP contribution in [0.25, 0.3) is 0 Å². The van der Waals surface area contributed by atoms with Crippen LogP contribution in [0.4, 0.5) is 0 Å². The van der Waals surface area contributed by atoms with Crippen molar-refractivity contribution in [3.05, 3.63) is 35.9 Å². The zero-order valence-corrected chi connectivity index (χ0v) is 31.6. The third-order valence-electron chi connectivity index (χ3n) is 9.27. The lowest BCUT2D eigenvalue weighted by Crippen LogP contribution is -2.46. The standard InChI is InChI=1S/C39H60N4O9/c1-6-12-28(37(48)33(44)16-17-35(46)42-31(38(41)49)15-10-11-18-40)19-34(45)32-20-29(51-24-27-13-8-7-9-14-27)22-43(32)39(50)30(26(4)5)21-36(47)52-23-25(2)3/h7-9,13-14,25-26,28-32H,6,10-12,15-24,40H2,1-5H3,(H2,41,49)(H,42,46)/t28?,29-,30?,31?,32+/m1/s1. The Morgan fingerprint density at radius 3 is 2.23 bits per heavy atom. The molecule has 0 aromatic heterocycles. The third-order valence-corrected chi connectivity index (χ3v) is 9.27. The molecule has 1 aromatic rings. The topological polar surface area (TPSA) is 205 Å². The fraction of sp³-hybridized carbons (Fsp3) is 0.667. The van der Waals surface area contributed by atoms with Gasteiger partial charge in [0.1, 0.15) is 6.04 Å². The Balaban J connectivity index is 2.19. The van der Waals surface area contributed by atoms with Crippen LogP contribution in [0.3, 0.4) is 0 Å². The van der Waals surface area contributed by atoms with Crippen molar-refractivity contribution in [1.82, 2.24) is 10.2 Å². The zero-order valence-electron chi connectivity index (χ0n) is 31.6. The first-order valence-electron chi connectivity index (χ1n) is 18.7. The summed E-state index contributed by atoms with van der Waals surface area (Å²) in [6.07, 6.45) is 0.950. The number of primary amides is 1. The normalized spacial score (nSPS) is 17.4. The molecule has 1 fully saturated rings. The lowest BCUT2D eigenvalue weighted by molar-refractivity contribution is -0.152. The van der Waals surface area contributed by atoms with Crippen molar-refractivity contribution in [3.8, 4) is 0 Å². The number of Topliss-reactive ketones (excluding diaryl/α,β-unsaturated/α-hetero) is 3. The Hall–Kier alpha value is -3.97. The second-order valence-electron chi connectivity index (χ2n) is 14.5. The summed E-state index contributed by atoms with van der Waals surface area (Å²) >= 11 is 0. The molecular formula is C39H60N4O9. The van der Waals surface area contributed by atoms with Crippen molar-refractivity contribution in [3.63, 3.8) is 0 Å². The maximum absolute atomic E-state index is 14.1. The monoisotopic (exact) mass is 728 g/mol. The minimum absolute atomic E-state index is 0.130. The van der Waals surface area contributed by atoms with Crippen molar-refractivity contribution in [2.75, 3.05) is 19.7 Å². The van der Waals surface area contributed by atoms with Crippen molar-refractivity contribution in [2.45, 2.75) is 124 Å². The van der Waals surface area contributed by atoms with E-state index < -0.39 is 59.4 Å². The van der Waals surface area contributed by atoms with E-state index in [9.17, 15) is 33.6 Å². The molecular weight excluding hydrogens is 668 g/mol. The van der Waals surface area contributed by atoms with Crippen LogP contribution >= 0.6 is 0 Å². The number of amides is 3. The van der Waals surface area contributed by atoms with E-state index in [-0.39, 0.29) is 81.8 Å². The Labute approximate surface area is 308 Å². The summed E-state index contributed by atoms with van der Waals surface area (Å²) in [7, 11) is 0. The van der Waals surface area contributed by atoms with Gasteiger partial charge >= 0.3 is 5.97 Å². The molecule has 0 aliphatic carbocycles. The van der Waals surface area contributed by atoms with Crippen LogP contribution in [0.1, 0.15) is 104 Å². The third kappa shape index (κ3) is 14.9. The molecule has 5 atom stereocenters. The van der Waals surface area contributed by atoms with Crippen LogP contribution in [-0.4, -0.2) is 83.8 Å². The van der Waals surface area contributed by atoms with Gasteiger partial charge in [0.25, 0.3) is 0 Å². The highest BCUT2D eigenvalue weighted by atomic mass is 16.5. The number of rotatable bonds is 25. The largest absolute Gasteiger partial charge is 0.465 e. The van der Waals surface area contributed by atoms with Crippen LogP contribution < -0.4 is 16.8 Å². The highest BCUT2D eigenvalue weighted by Gasteiger charge is 2.44. The summed E-state index contributed by atoms with van der Waals surface area (Å²) in [5, 5.41) is 2.52. The minimum atomic E-state index is -0.934. The number of likely N-dealkylation sites (tertiary alicyclic amines) is 1. The summed E-state index contributed by atoms with van der Waals surface area (Å²) in [5.74, 6) is -5.82. The number of carbonyl (C=O) groups is 7. The molecule has 1 aliphatic rings. The van der Waals surface area contributed by atoms with Gasteiger partial charge in [0.05, 0.1) is 37.7 Å². The highest BCUT2D eigenvalue weighted by Crippen LogP contribution is 2.30. The molecule has 1 saturated heterocycles. The van der Waals surface area contributed by atoms with Gasteiger partial charge < -0.3 is 31.2 Å². The van der Waals surface area contributed by atoms with Crippen molar-refractivity contribution in [1.29, 1.82) is 0 Å². The summed E-state index contributed by atoms with van der Waals surface area (Å²) in [6.45, 7) is 10.4. The van der Waals surface area contributed by atoms with E-state index in [1.807, 2.05) is 65.0 Å². The van der Waals surface area contributed by atoms with E-state index in [0.29, 0.717) is 32.2 Å². The molecule has 5 N–H and O–H groups in total. The molecule has 1 aliphatic heterocycles. The Kier molecular flexibility index (Phi) is 19.4. The van der Waals surface area contributed by atoms with E-state index in [1.54, 1.807) is 0 Å². The van der Waals surface area contributed by atoms with Crippen LogP contribution in [0.5, 0.6) is 0 Å². The fourth-order valence-corrected chi connectivity index (χ4v) is 6.25. The van der Waals surface area contributed by atoms with Gasteiger partial charge in [-0.1, -0.05) is 71.4 Å². The van der Waals surface area contributed by atoms with Crippen LogP contribution in [0.15, 0.2) is 30.3 Å². The van der Waals surface area contributed by atoms with Crippen LogP contribution in [0.2, 0.25) is 0 Å². The first kappa shape index (κ1) is 44.2. The van der Waals surface area contributed by atoms with E-state index in [0.717, 1.165) is 5.56 Å². The zero-order chi connectivity index (χ0) is 38.8. The molecule has 13 heteroatoms. The number of nitrogens with two attached hydrogens (primary N) is 2. The second-order valence-corrected chi connectivity index (χ2v) is 14.5. The number of nitrogens with one attached hydrogen (secondary N) is 1. The van der Waals surface area contributed by atoms with Gasteiger partial charge in [0, 0.05) is 38.1 Å². The van der Waals surface area contributed by atoms with E-state index >= 15 is 0 Å². The number of carbonyl (C=O) groups excluding carboxylic acids is 7. The first-order valence-corrected chi connectivity index (χ1v) is 18.7. The maximum atomic E-state index is 14.1. The molecule has 290 valence electrons. The molecule has 2 rings (SSSR count). The lowest BCUT2D eigenvalue weighted by Gasteiger charge is -2.30. The Morgan fingerprint density at radius 1 is 0.942 bits per heavy atom. The predicted molar refractivity (Wildman–Crippen MR) is 195 cm³/mol. The lowest BCUT2D eigenvalue weighted by atomic mass is 9.87. The summed E-state index contributed by atoms with van der Waals surface area (Å²) in [4.78, 5) is 93.0. The Morgan fingerprint density at radius 2 is 1.63 bits per heavy atom. The van der Waals surface area contributed by atoms with Gasteiger partial charge in [-0.15, -0.1) is 0 Å². The molecule has 13 nitrogen and oxygen atoms in total. The van der Waals surface area contributed by atoms with E-state index in [1.165, 1.54) is 4.90 Å². The van der Waals surface area contributed by atoms with E-state index in [4.69, 9.17) is 20.9 Å². The van der Waals surface area contributed by atoms with Gasteiger partial charge in [0.15, 0.2) is 11.6 Å². The number of ether oxygens (including phenoxy) is 2. The second kappa shape index (κ2) is 22.9.